The van der Waals surface area contributed by atoms with Crippen LogP contribution >= 0.6 is 11.3 Å². The number of piperidine rings is 1. The molecule has 2 heterocycles. The van der Waals surface area contributed by atoms with Gasteiger partial charge in [-0.2, -0.15) is 0 Å². The van der Waals surface area contributed by atoms with Crippen LogP contribution in [0, 0.1) is 0 Å². The highest BCUT2D eigenvalue weighted by atomic mass is 32.1. The molecule has 1 N–H and O–H groups in total. The number of thiophene rings is 1. The highest BCUT2D eigenvalue weighted by Gasteiger charge is 2.25. The van der Waals surface area contributed by atoms with Crippen molar-refractivity contribution >= 4 is 17.4 Å². The van der Waals surface area contributed by atoms with E-state index in [4.69, 9.17) is 0 Å². The van der Waals surface area contributed by atoms with E-state index in [0.29, 0.717) is 12.1 Å². The molecule has 2 rings (SSSR count). The zero-order valence-corrected chi connectivity index (χ0v) is 13.4. The van der Waals surface area contributed by atoms with Crippen LogP contribution in [0.5, 0.6) is 0 Å². The molecule has 4 nitrogen and oxygen atoms in total. The van der Waals surface area contributed by atoms with Crippen molar-refractivity contribution < 1.29 is 4.79 Å². The van der Waals surface area contributed by atoms with Gasteiger partial charge in [-0.25, -0.2) is 4.79 Å². The first-order valence-corrected chi connectivity index (χ1v) is 8.25. The second-order valence-electron chi connectivity index (χ2n) is 5.58. The van der Waals surface area contributed by atoms with Gasteiger partial charge >= 0.3 is 6.03 Å². The van der Waals surface area contributed by atoms with E-state index in [-0.39, 0.29) is 6.03 Å². The van der Waals surface area contributed by atoms with Crippen molar-refractivity contribution in [2.75, 3.05) is 27.2 Å². The highest BCUT2D eigenvalue weighted by Crippen LogP contribution is 2.24. The van der Waals surface area contributed by atoms with Gasteiger partial charge in [0.2, 0.25) is 0 Å². The lowest BCUT2D eigenvalue weighted by Gasteiger charge is -2.35. The number of hydrogen-bond acceptors (Lipinski definition) is 3. The molecule has 0 aliphatic carbocycles. The maximum Gasteiger partial charge on any atom is 0.319 e. The van der Waals surface area contributed by atoms with Gasteiger partial charge in [0.25, 0.3) is 0 Å². The van der Waals surface area contributed by atoms with E-state index in [1.165, 1.54) is 4.88 Å². The Morgan fingerprint density at radius 3 is 2.70 bits per heavy atom. The van der Waals surface area contributed by atoms with Crippen molar-refractivity contribution in [3.8, 4) is 0 Å². The maximum absolute atomic E-state index is 11.9. The van der Waals surface area contributed by atoms with Gasteiger partial charge in [-0.1, -0.05) is 13.0 Å². The summed E-state index contributed by atoms with van der Waals surface area (Å²) in [7, 11) is 3.63. The minimum Gasteiger partial charge on any atom is -0.331 e. The van der Waals surface area contributed by atoms with Crippen LogP contribution in [0.2, 0.25) is 0 Å². The van der Waals surface area contributed by atoms with Crippen LogP contribution in [0.3, 0.4) is 0 Å². The Labute approximate surface area is 125 Å². The van der Waals surface area contributed by atoms with Crippen LogP contribution in [0.4, 0.5) is 4.79 Å². The number of rotatable bonds is 4. The van der Waals surface area contributed by atoms with E-state index in [0.717, 1.165) is 32.4 Å². The van der Waals surface area contributed by atoms with Crippen LogP contribution in [-0.2, 0) is 0 Å². The van der Waals surface area contributed by atoms with E-state index in [1.807, 2.05) is 30.3 Å². The molecule has 0 saturated carbocycles. The fraction of sp³-hybridized carbons (Fsp3) is 0.667. The van der Waals surface area contributed by atoms with Crippen molar-refractivity contribution in [1.29, 1.82) is 0 Å². The van der Waals surface area contributed by atoms with Gasteiger partial charge < -0.3 is 15.1 Å². The summed E-state index contributed by atoms with van der Waals surface area (Å²) in [6.45, 7) is 3.94. The first-order chi connectivity index (χ1) is 9.61. The number of carbonyl (C=O) groups is 1. The van der Waals surface area contributed by atoms with Crippen LogP contribution in [0.1, 0.15) is 37.1 Å². The molecule has 1 aromatic rings. The van der Waals surface area contributed by atoms with Gasteiger partial charge in [0, 0.05) is 44.1 Å². The van der Waals surface area contributed by atoms with Gasteiger partial charge in [-0.3, -0.25) is 0 Å². The second-order valence-corrected chi connectivity index (χ2v) is 6.56. The topological polar surface area (TPSA) is 35.6 Å². The average molecular weight is 295 g/mol. The largest absolute Gasteiger partial charge is 0.331 e. The lowest BCUT2D eigenvalue weighted by atomic mass is 10.0. The number of hydrogen-bond donors (Lipinski definition) is 1. The predicted molar refractivity (Wildman–Crippen MR) is 84.2 cm³/mol. The van der Waals surface area contributed by atoms with Crippen LogP contribution in [-0.4, -0.2) is 49.1 Å². The molecule has 1 aliphatic heterocycles. The molecule has 1 saturated heterocycles. The Morgan fingerprint density at radius 1 is 1.50 bits per heavy atom. The monoisotopic (exact) mass is 295 g/mol. The Balaban J connectivity index is 1.83. The second kappa shape index (κ2) is 7.09. The standard InChI is InChI=1S/C15H25N3OS/c1-4-13(14-6-5-11-20-14)16-12-7-9-18(10-8-12)15(19)17(2)3/h5-6,11-13,16H,4,7-10H2,1-3H3. The molecule has 1 aliphatic rings. The fourth-order valence-corrected chi connectivity index (χ4v) is 3.57. The Morgan fingerprint density at radius 2 is 2.20 bits per heavy atom. The minimum atomic E-state index is 0.133. The molecule has 1 unspecified atom stereocenters. The lowest BCUT2D eigenvalue weighted by molar-refractivity contribution is 0.150. The van der Waals surface area contributed by atoms with E-state index in [2.05, 4.69) is 29.8 Å². The Hall–Kier alpha value is -1.07. The first kappa shape index (κ1) is 15.3. The lowest BCUT2D eigenvalue weighted by Crippen LogP contribution is -2.48. The number of nitrogens with one attached hydrogen (secondary N) is 1. The summed E-state index contributed by atoms with van der Waals surface area (Å²) >= 11 is 1.82. The molecule has 0 radical (unpaired) electrons. The third kappa shape index (κ3) is 3.73. The van der Waals surface area contributed by atoms with Gasteiger partial charge in [-0.15, -0.1) is 11.3 Å². The van der Waals surface area contributed by atoms with E-state index in [9.17, 15) is 4.79 Å². The van der Waals surface area contributed by atoms with Gasteiger partial charge in [0.05, 0.1) is 0 Å². The van der Waals surface area contributed by atoms with E-state index < -0.39 is 0 Å². The molecule has 1 aromatic heterocycles. The molecule has 0 aromatic carbocycles. The molecule has 20 heavy (non-hydrogen) atoms. The number of urea groups is 1. The van der Waals surface area contributed by atoms with E-state index >= 15 is 0 Å². The van der Waals surface area contributed by atoms with Crippen molar-refractivity contribution in [2.24, 2.45) is 0 Å². The molecule has 5 heteroatoms. The number of likely N-dealkylation sites (tertiary alicyclic amines) is 1. The molecule has 112 valence electrons. The SMILES string of the molecule is CCC(NC1CCN(C(=O)N(C)C)CC1)c1cccs1. The molecule has 1 atom stereocenters. The number of carbonyl (C=O) groups excluding carboxylic acids is 1. The molecular weight excluding hydrogens is 270 g/mol. The average Bonchev–Trinajstić information content (AvgIpc) is 2.98. The summed E-state index contributed by atoms with van der Waals surface area (Å²) in [6, 6.07) is 5.43. The summed E-state index contributed by atoms with van der Waals surface area (Å²) in [6.07, 6.45) is 3.19. The van der Waals surface area contributed by atoms with Crippen molar-refractivity contribution in [1.82, 2.24) is 15.1 Å². The van der Waals surface area contributed by atoms with Gasteiger partial charge in [-0.05, 0) is 30.7 Å². The Bertz CT molecular complexity index is 411. The van der Waals surface area contributed by atoms with Crippen molar-refractivity contribution in [2.45, 2.75) is 38.3 Å². The summed E-state index contributed by atoms with van der Waals surface area (Å²) in [4.78, 5) is 16.9. The quantitative estimate of drug-likeness (QED) is 0.927. The molecule has 0 bridgehead atoms. The smallest absolute Gasteiger partial charge is 0.319 e. The van der Waals surface area contributed by atoms with Crippen molar-refractivity contribution in [3.05, 3.63) is 22.4 Å². The third-order valence-corrected chi connectivity index (χ3v) is 4.87. The predicted octanol–water partition coefficient (Wildman–Crippen LogP) is 2.93. The summed E-state index contributed by atoms with van der Waals surface area (Å²) in [5, 5.41) is 5.89. The first-order valence-electron chi connectivity index (χ1n) is 7.37. The molecule has 1 fully saturated rings. The molecular formula is C15H25N3OS. The van der Waals surface area contributed by atoms with Crippen molar-refractivity contribution in [3.63, 3.8) is 0 Å². The van der Waals surface area contributed by atoms with Gasteiger partial charge in [0.15, 0.2) is 0 Å². The molecule has 2 amide bonds. The van der Waals surface area contributed by atoms with E-state index in [1.54, 1.807) is 4.90 Å². The zero-order valence-electron chi connectivity index (χ0n) is 12.6. The fourth-order valence-electron chi connectivity index (χ4n) is 2.70. The minimum absolute atomic E-state index is 0.133. The van der Waals surface area contributed by atoms with Crippen LogP contribution < -0.4 is 5.32 Å². The zero-order chi connectivity index (χ0) is 14.5. The Kier molecular flexibility index (Phi) is 5.43. The number of amides is 2. The van der Waals surface area contributed by atoms with Crippen LogP contribution in [0.25, 0.3) is 0 Å². The summed E-state index contributed by atoms with van der Waals surface area (Å²) < 4.78 is 0. The summed E-state index contributed by atoms with van der Waals surface area (Å²) in [5.74, 6) is 0. The third-order valence-electron chi connectivity index (χ3n) is 3.88. The summed E-state index contributed by atoms with van der Waals surface area (Å²) in [5.41, 5.74) is 0. The van der Waals surface area contributed by atoms with Gasteiger partial charge in [0.1, 0.15) is 0 Å². The molecule has 0 spiro atoms. The highest BCUT2D eigenvalue weighted by molar-refractivity contribution is 7.10. The number of nitrogens with zero attached hydrogens (tertiary/aromatic N) is 2. The van der Waals surface area contributed by atoms with Crippen LogP contribution in [0.15, 0.2) is 17.5 Å². The normalized spacial score (nSPS) is 18.1. The maximum atomic E-state index is 11.9.